The molecule has 0 spiro atoms. The van der Waals surface area contributed by atoms with E-state index in [4.69, 9.17) is 5.73 Å². The lowest BCUT2D eigenvalue weighted by molar-refractivity contribution is 0.180. The molecule has 2 heteroatoms. The number of aliphatic hydroxyl groups is 1. The highest BCUT2D eigenvalue weighted by Gasteiger charge is 2.27. The fourth-order valence-corrected chi connectivity index (χ4v) is 2.89. The molecule has 14 heavy (non-hydrogen) atoms. The Kier molecular flexibility index (Phi) is 1.62. The van der Waals surface area contributed by atoms with Gasteiger partial charge in [-0.25, -0.2) is 0 Å². The van der Waals surface area contributed by atoms with Gasteiger partial charge in [-0.3, -0.25) is 0 Å². The zero-order chi connectivity index (χ0) is 9.71. The molecule has 0 saturated carbocycles. The minimum atomic E-state index is -0.309. The van der Waals surface area contributed by atoms with Gasteiger partial charge >= 0.3 is 0 Å². The number of anilines is 1. The highest BCUT2D eigenvalue weighted by atomic mass is 16.3. The van der Waals surface area contributed by atoms with E-state index in [9.17, 15) is 5.11 Å². The van der Waals surface area contributed by atoms with Crippen molar-refractivity contribution in [2.45, 2.75) is 38.2 Å². The Bertz CT molecular complexity index is 398. The quantitative estimate of drug-likeness (QED) is 0.611. The van der Waals surface area contributed by atoms with Gasteiger partial charge in [-0.1, -0.05) is 6.07 Å². The molecule has 1 aromatic rings. The van der Waals surface area contributed by atoms with Crippen LogP contribution in [0.3, 0.4) is 0 Å². The molecule has 0 aromatic heterocycles. The van der Waals surface area contributed by atoms with E-state index in [1.807, 2.05) is 0 Å². The molecule has 0 amide bonds. The minimum absolute atomic E-state index is 0.309. The van der Waals surface area contributed by atoms with Crippen molar-refractivity contribution in [1.82, 2.24) is 0 Å². The second-order valence-electron chi connectivity index (χ2n) is 4.41. The van der Waals surface area contributed by atoms with Crippen LogP contribution < -0.4 is 5.73 Å². The number of nitrogen functional groups attached to an aromatic ring is 1. The van der Waals surface area contributed by atoms with E-state index in [0.717, 1.165) is 30.5 Å². The van der Waals surface area contributed by atoms with Crippen LogP contribution in [-0.2, 0) is 19.3 Å². The molecule has 2 aliphatic rings. The second-order valence-corrected chi connectivity index (χ2v) is 4.41. The van der Waals surface area contributed by atoms with Gasteiger partial charge in [0.15, 0.2) is 0 Å². The van der Waals surface area contributed by atoms with E-state index < -0.39 is 0 Å². The summed E-state index contributed by atoms with van der Waals surface area (Å²) in [5, 5.41) is 9.81. The molecule has 0 radical (unpaired) electrons. The van der Waals surface area contributed by atoms with Crippen LogP contribution in [0.5, 0.6) is 0 Å². The maximum atomic E-state index is 9.81. The molecule has 0 aliphatic heterocycles. The lowest BCUT2D eigenvalue weighted by Gasteiger charge is -2.12. The van der Waals surface area contributed by atoms with E-state index in [1.165, 1.54) is 29.5 Å². The number of benzene rings is 1. The van der Waals surface area contributed by atoms with Crippen molar-refractivity contribution in [3.8, 4) is 0 Å². The lowest BCUT2D eigenvalue weighted by atomic mass is 9.98. The van der Waals surface area contributed by atoms with Gasteiger partial charge in [0.05, 0.1) is 6.10 Å². The monoisotopic (exact) mass is 189 g/mol. The Morgan fingerprint density at radius 2 is 2.07 bits per heavy atom. The number of nitrogens with two attached hydrogens (primary N) is 1. The van der Waals surface area contributed by atoms with Crippen LogP contribution >= 0.6 is 0 Å². The summed E-state index contributed by atoms with van der Waals surface area (Å²) >= 11 is 0. The zero-order valence-electron chi connectivity index (χ0n) is 8.21. The average molecular weight is 189 g/mol. The molecule has 1 aromatic carbocycles. The minimum Gasteiger partial charge on any atom is -0.398 e. The number of fused-ring (bicyclic) bond motifs is 2. The van der Waals surface area contributed by atoms with Crippen LogP contribution in [0.25, 0.3) is 0 Å². The van der Waals surface area contributed by atoms with Crippen LogP contribution in [0, 0.1) is 0 Å². The van der Waals surface area contributed by atoms with E-state index in [1.54, 1.807) is 0 Å². The average Bonchev–Trinajstić information content (AvgIpc) is 2.74. The van der Waals surface area contributed by atoms with Gasteiger partial charge in [-0.05, 0) is 48.8 Å². The standard InChI is InChI=1S/C12H15NO/c13-12-9-3-1-2-7(9)6-8-4-5-10(14)11(8)12/h6,10,14H,1-5,13H2. The molecule has 2 nitrogen and oxygen atoms in total. The SMILES string of the molecule is Nc1c2c(cc3c1C(O)CC3)CCC2. The van der Waals surface area contributed by atoms with E-state index in [0.29, 0.717) is 0 Å². The summed E-state index contributed by atoms with van der Waals surface area (Å²) in [5.74, 6) is 0. The molecule has 0 fully saturated rings. The van der Waals surface area contributed by atoms with Gasteiger partial charge in [0.25, 0.3) is 0 Å². The molecule has 0 saturated heterocycles. The van der Waals surface area contributed by atoms with Crippen molar-refractivity contribution in [1.29, 1.82) is 0 Å². The van der Waals surface area contributed by atoms with E-state index in [-0.39, 0.29) is 6.10 Å². The maximum absolute atomic E-state index is 9.81. The Morgan fingerprint density at radius 3 is 2.93 bits per heavy atom. The molecule has 3 rings (SSSR count). The van der Waals surface area contributed by atoms with Gasteiger partial charge in [0.1, 0.15) is 0 Å². The zero-order valence-corrected chi connectivity index (χ0v) is 8.21. The number of rotatable bonds is 0. The maximum Gasteiger partial charge on any atom is 0.0815 e. The van der Waals surface area contributed by atoms with Crippen LogP contribution in [0.4, 0.5) is 5.69 Å². The highest BCUT2D eigenvalue weighted by molar-refractivity contribution is 5.63. The van der Waals surface area contributed by atoms with Crippen LogP contribution in [-0.4, -0.2) is 5.11 Å². The first-order valence-electron chi connectivity index (χ1n) is 5.38. The summed E-state index contributed by atoms with van der Waals surface area (Å²) in [4.78, 5) is 0. The third-order valence-corrected chi connectivity index (χ3v) is 3.59. The summed E-state index contributed by atoms with van der Waals surface area (Å²) < 4.78 is 0. The van der Waals surface area contributed by atoms with Crippen molar-refractivity contribution in [3.05, 3.63) is 28.3 Å². The van der Waals surface area contributed by atoms with Crippen molar-refractivity contribution in [2.75, 3.05) is 5.73 Å². The molecular formula is C12H15NO. The Labute approximate surface area is 83.7 Å². The molecule has 1 unspecified atom stereocenters. The summed E-state index contributed by atoms with van der Waals surface area (Å²) in [6, 6.07) is 2.27. The predicted molar refractivity (Wildman–Crippen MR) is 56.2 cm³/mol. The Hall–Kier alpha value is -1.02. The third kappa shape index (κ3) is 0.947. The molecule has 3 N–H and O–H groups in total. The van der Waals surface area contributed by atoms with Gasteiger partial charge in [-0.2, -0.15) is 0 Å². The summed E-state index contributed by atoms with van der Waals surface area (Å²) in [6.07, 6.45) is 5.02. The highest BCUT2D eigenvalue weighted by Crippen LogP contribution is 2.41. The lowest BCUT2D eigenvalue weighted by Crippen LogP contribution is -2.02. The van der Waals surface area contributed by atoms with Crippen LogP contribution in [0.15, 0.2) is 6.07 Å². The molecule has 0 heterocycles. The summed E-state index contributed by atoms with van der Waals surface area (Å²) in [5.41, 5.74) is 12.1. The number of aryl methyl sites for hydroxylation is 2. The van der Waals surface area contributed by atoms with Gasteiger partial charge in [-0.15, -0.1) is 0 Å². The fourth-order valence-electron chi connectivity index (χ4n) is 2.89. The van der Waals surface area contributed by atoms with Crippen molar-refractivity contribution in [3.63, 3.8) is 0 Å². The largest absolute Gasteiger partial charge is 0.398 e. The second kappa shape index (κ2) is 2.74. The van der Waals surface area contributed by atoms with Gasteiger partial charge in [0, 0.05) is 11.3 Å². The number of hydrogen-bond acceptors (Lipinski definition) is 2. The molecule has 74 valence electrons. The third-order valence-electron chi connectivity index (χ3n) is 3.59. The molecule has 2 aliphatic carbocycles. The van der Waals surface area contributed by atoms with Crippen molar-refractivity contribution >= 4 is 5.69 Å². The molecule has 1 atom stereocenters. The summed E-state index contributed by atoms with van der Waals surface area (Å²) in [6.45, 7) is 0. The van der Waals surface area contributed by atoms with Crippen molar-refractivity contribution in [2.24, 2.45) is 0 Å². The fraction of sp³-hybridized carbons (Fsp3) is 0.500. The van der Waals surface area contributed by atoms with E-state index in [2.05, 4.69) is 6.07 Å². The van der Waals surface area contributed by atoms with Crippen LogP contribution in [0.1, 0.15) is 41.2 Å². The smallest absolute Gasteiger partial charge is 0.0815 e. The Morgan fingerprint density at radius 1 is 1.21 bits per heavy atom. The van der Waals surface area contributed by atoms with Gasteiger partial charge < -0.3 is 10.8 Å². The van der Waals surface area contributed by atoms with Gasteiger partial charge in [0.2, 0.25) is 0 Å². The normalized spacial score (nSPS) is 23.6. The number of hydrogen-bond donors (Lipinski definition) is 2. The molecule has 0 bridgehead atoms. The van der Waals surface area contributed by atoms with E-state index >= 15 is 0 Å². The Balaban J connectivity index is 2.25. The molecular weight excluding hydrogens is 174 g/mol. The van der Waals surface area contributed by atoms with Crippen LogP contribution in [0.2, 0.25) is 0 Å². The summed E-state index contributed by atoms with van der Waals surface area (Å²) in [7, 11) is 0. The topological polar surface area (TPSA) is 46.2 Å². The predicted octanol–water partition coefficient (Wildman–Crippen LogP) is 1.74. The first kappa shape index (κ1) is 8.30. The first-order valence-corrected chi connectivity index (χ1v) is 5.38. The van der Waals surface area contributed by atoms with Crippen molar-refractivity contribution < 1.29 is 5.11 Å². The number of aliphatic hydroxyl groups excluding tert-OH is 1. The first-order chi connectivity index (χ1) is 6.77.